The predicted octanol–water partition coefficient (Wildman–Crippen LogP) is 1.53. The third-order valence-electron chi connectivity index (χ3n) is 1.71. The van der Waals surface area contributed by atoms with Gasteiger partial charge in [-0.15, -0.1) is 11.8 Å². The maximum Gasteiger partial charge on any atom is 0.336 e. The van der Waals surface area contributed by atoms with Crippen LogP contribution in [0.3, 0.4) is 0 Å². The van der Waals surface area contributed by atoms with Crippen molar-refractivity contribution in [1.82, 2.24) is 0 Å². The summed E-state index contributed by atoms with van der Waals surface area (Å²) in [6.45, 7) is 0. The molecule has 0 amide bonds. The van der Waals surface area contributed by atoms with Gasteiger partial charge in [-0.3, -0.25) is 4.79 Å². The molecule has 1 aromatic carbocycles. The molecule has 0 spiro atoms. The standard InChI is InChI=1S/C11H8O5S/c1-2-16-7-3-4-8(11(14)15)9(5-7)17-6-10(12)13/h1,3-5H,6H2,(H,12,13)(H,14,15). The Balaban J connectivity index is 3.03. The first kappa shape index (κ1) is 12.9. The smallest absolute Gasteiger partial charge is 0.336 e. The van der Waals surface area contributed by atoms with Crippen LogP contribution in [-0.2, 0) is 4.79 Å². The molecule has 88 valence electrons. The number of benzene rings is 1. The molecule has 1 aromatic rings. The van der Waals surface area contributed by atoms with E-state index in [1.165, 1.54) is 18.2 Å². The average Bonchev–Trinajstić information content (AvgIpc) is 2.26. The lowest BCUT2D eigenvalue weighted by atomic mass is 10.2. The lowest BCUT2D eigenvalue weighted by Crippen LogP contribution is -2.02. The van der Waals surface area contributed by atoms with Crippen molar-refractivity contribution >= 4 is 23.7 Å². The molecule has 5 nitrogen and oxygen atoms in total. The van der Waals surface area contributed by atoms with E-state index < -0.39 is 11.9 Å². The summed E-state index contributed by atoms with van der Waals surface area (Å²) in [6.07, 6.45) is 6.89. The zero-order chi connectivity index (χ0) is 12.8. The minimum atomic E-state index is -1.13. The fourth-order valence-corrected chi connectivity index (χ4v) is 1.86. The molecule has 0 aromatic heterocycles. The topological polar surface area (TPSA) is 83.8 Å². The number of carboxylic acids is 2. The molecule has 0 bridgehead atoms. The van der Waals surface area contributed by atoms with E-state index >= 15 is 0 Å². The van der Waals surface area contributed by atoms with Crippen molar-refractivity contribution in [2.45, 2.75) is 4.90 Å². The lowest BCUT2D eigenvalue weighted by Gasteiger charge is -2.06. The van der Waals surface area contributed by atoms with Gasteiger partial charge in [0.05, 0.1) is 11.3 Å². The molecule has 0 heterocycles. The van der Waals surface area contributed by atoms with E-state index in [1.807, 2.05) is 6.11 Å². The number of hydrogen-bond acceptors (Lipinski definition) is 4. The van der Waals surface area contributed by atoms with Gasteiger partial charge in [-0.1, -0.05) is 6.42 Å². The third kappa shape index (κ3) is 3.74. The molecule has 1 rings (SSSR count). The van der Waals surface area contributed by atoms with E-state index in [4.69, 9.17) is 21.4 Å². The highest BCUT2D eigenvalue weighted by atomic mass is 32.2. The Kier molecular flexibility index (Phi) is 4.43. The fourth-order valence-electron chi connectivity index (χ4n) is 1.07. The number of ether oxygens (including phenoxy) is 1. The van der Waals surface area contributed by atoms with E-state index in [9.17, 15) is 9.59 Å². The van der Waals surface area contributed by atoms with Gasteiger partial charge in [0, 0.05) is 4.90 Å². The first-order chi connectivity index (χ1) is 8.04. The van der Waals surface area contributed by atoms with Gasteiger partial charge in [-0.05, 0) is 18.2 Å². The highest BCUT2D eigenvalue weighted by Crippen LogP contribution is 2.27. The van der Waals surface area contributed by atoms with Gasteiger partial charge in [0.1, 0.15) is 11.9 Å². The van der Waals surface area contributed by atoms with Crippen LogP contribution in [0.15, 0.2) is 23.1 Å². The van der Waals surface area contributed by atoms with Crippen molar-refractivity contribution in [1.29, 1.82) is 0 Å². The number of aliphatic carboxylic acids is 1. The molecule has 17 heavy (non-hydrogen) atoms. The number of aromatic carboxylic acids is 1. The predicted molar refractivity (Wildman–Crippen MR) is 61.2 cm³/mol. The molecule has 6 heteroatoms. The largest absolute Gasteiger partial charge is 0.481 e. The summed E-state index contributed by atoms with van der Waals surface area (Å²) in [5.41, 5.74) is 0.0145. The minimum absolute atomic E-state index is 0.0145. The number of carboxylic acid groups (broad SMARTS) is 2. The summed E-state index contributed by atoms with van der Waals surface area (Å²) in [6, 6.07) is 4.13. The number of thioether (sulfide) groups is 1. The number of hydrogen-bond donors (Lipinski definition) is 2. The lowest BCUT2D eigenvalue weighted by molar-refractivity contribution is -0.133. The molecule has 0 aliphatic rings. The van der Waals surface area contributed by atoms with Crippen LogP contribution in [0.4, 0.5) is 0 Å². The Morgan fingerprint density at radius 2 is 2.12 bits per heavy atom. The van der Waals surface area contributed by atoms with Crippen LogP contribution >= 0.6 is 11.8 Å². The van der Waals surface area contributed by atoms with E-state index in [-0.39, 0.29) is 11.3 Å². The second-order valence-corrected chi connectivity index (χ2v) is 3.88. The molecule has 0 radical (unpaired) electrons. The first-order valence-corrected chi connectivity index (χ1v) is 5.37. The molecule has 0 unspecified atom stereocenters. The normalized spacial score (nSPS) is 9.35. The Bertz CT molecular complexity index is 489. The van der Waals surface area contributed by atoms with Gasteiger partial charge in [0.15, 0.2) is 0 Å². The van der Waals surface area contributed by atoms with Crippen LogP contribution in [-0.4, -0.2) is 27.9 Å². The van der Waals surface area contributed by atoms with E-state index in [2.05, 4.69) is 0 Å². The molecule has 0 aliphatic carbocycles. The van der Waals surface area contributed by atoms with Gasteiger partial charge >= 0.3 is 11.9 Å². The molecule has 0 fully saturated rings. The molecule has 0 aliphatic heterocycles. The van der Waals surface area contributed by atoms with Crippen molar-refractivity contribution in [2.24, 2.45) is 0 Å². The van der Waals surface area contributed by atoms with E-state index in [1.54, 1.807) is 0 Å². The van der Waals surface area contributed by atoms with Crippen LogP contribution in [0.2, 0.25) is 0 Å². The third-order valence-corrected chi connectivity index (χ3v) is 2.75. The second-order valence-electron chi connectivity index (χ2n) is 2.87. The maximum atomic E-state index is 10.9. The molecule has 0 saturated heterocycles. The van der Waals surface area contributed by atoms with Gasteiger partial charge in [0.2, 0.25) is 0 Å². The summed E-state index contributed by atoms with van der Waals surface area (Å²) in [5, 5.41) is 17.5. The van der Waals surface area contributed by atoms with Crippen LogP contribution in [0.1, 0.15) is 10.4 Å². The second kappa shape index (κ2) is 5.82. The van der Waals surface area contributed by atoms with Crippen LogP contribution < -0.4 is 4.74 Å². The maximum absolute atomic E-state index is 10.9. The summed E-state index contributed by atoms with van der Waals surface area (Å²) in [5.74, 6) is -2.11. The van der Waals surface area contributed by atoms with Crippen LogP contribution in [0.5, 0.6) is 5.75 Å². The first-order valence-electron chi connectivity index (χ1n) is 4.39. The van der Waals surface area contributed by atoms with Crippen molar-refractivity contribution in [3.05, 3.63) is 23.8 Å². The Labute approximate surface area is 101 Å². The van der Waals surface area contributed by atoms with Gasteiger partial charge < -0.3 is 14.9 Å². The summed E-state index contributed by atoms with van der Waals surface area (Å²) in [4.78, 5) is 21.6. The number of carbonyl (C=O) groups is 2. The molecule has 0 saturated carbocycles. The SMILES string of the molecule is C#COc1ccc(C(=O)O)c(SCC(=O)O)c1. The zero-order valence-corrected chi connectivity index (χ0v) is 9.36. The van der Waals surface area contributed by atoms with E-state index in [0.29, 0.717) is 10.6 Å². The summed E-state index contributed by atoms with van der Waals surface area (Å²) >= 11 is 0.895. The molecule has 2 N–H and O–H groups in total. The van der Waals surface area contributed by atoms with E-state index in [0.717, 1.165) is 11.8 Å². The van der Waals surface area contributed by atoms with Crippen molar-refractivity contribution < 1.29 is 24.5 Å². The quantitative estimate of drug-likeness (QED) is 0.610. The Hall–Kier alpha value is -2.13. The molecular formula is C11H8O5S. The Morgan fingerprint density at radius 3 is 2.65 bits per heavy atom. The average molecular weight is 252 g/mol. The molecule has 0 atom stereocenters. The van der Waals surface area contributed by atoms with Gasteiger partial charge in [0.25, 0.3) is 0 Å². The highest BCUT2D eigenvalue weighted by Gasteiger charge is 2.13. The Morgan fingerprint density at radius 1 is 1.41 bits per heavy atom. The van der Waals surface area contributed by atoms with Crippen LogP contribution in [0, 0.1) is 12.5 Å². The minimum Gasteiger partial charge on any atom is -0.481 e. The van der Waals surface area contributed by atoms with Gasteiger partial charge in [-0.2, -0.15) is 0 Å². The molecular weight excluding hydrogens is 244 g/mol. The van der Waals surface area contributed by atoms with Crippen molar-refractivity contribution in [2.75, 3.05) is 5.75 Å². The van der Waals surface area contributed by atoms with Crippen LogP contribution in [0.25, 0.3) is 0 Å². The van der Waals surface area contributed by atoms with Crippen molar-refractivity contribution in [3.8, 4) is 18.3 Å². The number of rotatable bonds is 5. The highest BCUT2D eigenvalue weighted by molar-refractivity contribution is 8.00. The number of terminal acetylenes is 1. The van der Waals surface area contributed by atoms with Crippen molar-refractivity contribution in [3.63, 3.8) is 0 Å². The monoisotopic (exact) mass is 252 g/mol. The zero-order valence-electron chi connectivity index (χ0n) is 8.54. The summed E-state index contributed by atoms with van der Waals surface area (Å²) in [7, 11) is 0. The summed E-state index contributed by atoms with van der Waals surface area (Å²) < 4.78 is 4.76. The van der Waals surface area contributed by atoms with Gasteiger partial charge in [-0.25, -0.2) is 4.79 Å². The fraction of sp³-hybridized carbons (Fsp3) is 0.0909.